The average Bonchev–Trinajstić information content (AvgIpc) is 2.86. The number of ether oxygens (including phenoxy) is 2. The van der Waals surface area contributed by atoms with Crippen molar-refractivity contribution in [3.8, 4) is 11.5 Å². The van der Waals surface area contributed by atoms with E-state index in [9.17, 15) is 4.79 Å². The zero-order valence-corrected chi connectivity index (χ0v) is 15.2. The van der Waals surface area contributed by atoms with Crippen LogP contribution in [-0.4, -0.2) is 38.8 Å². The summed E-state index contributed by atoms with van der Waals surface area (Å²) < 4.78 is 10.6. The molecule has 1 aliphatic carbocycles. The van der Waals surface area contributed by atoms with Crippen molar-refractivity contribution in [1.82, 2.24) is 10.6 Å². The molecule has 0 aliphatic heterocycles. The molecular formula is C18H29ClN2O3. The van der Waals surface area contributed by atoms with E-state index in [1.54, 1.807) is 13.2 Å². The van der Waals surface area contributed by atoms with Crippen molar-refractivity contribution in [3.05, 3.63) is 24.3 Å². The number of methoxy groups -OCH3 is 1. The van der Waals surface area contributed by atoms with Crippen molar-refractivity contribution in [2.24, 2.45) is 0 Å². The Morgan fingerprint density at radius 2 is 1.83 bits per heavy atom. The van der Waals surface area contributed by atoms with Crippen LogP contribution in [0.5, 0.6) is 11.5 Å². The monoisotopic (exact) mass is 356 g/mol. The summed E-state index contributed by atoms with van der Waals surface area (Å²) in [5.74, 6) is 1.25. The maximum Gasteiger partial charge on any atom is 0.257 e. The first-order chi connectivity index (χ1) is 11.3. The van der Waals surface area contributed by atoms with Gasteiger partial charge >= 0.3 is 0 Å². The van der Waals surface area contributed by atoms with E-state index in [-0.39, 0.29) is 24.9 Å². The molecule has 2 rings (SSSR count). The number of rotatable bonds is 8. The molecule has 0 bridgehead atoms. The first-order valence-electron chi connectivity index (χ1n) is 8.55. The number of carbonyl (C=O) groups excluding carboxylic acids is 1. The minimum absolute atomic E-state index is 0. The van der Waals surface area contributed by atoms with E-state index in [1.807, 2.05) is 18.2 Å². The lowest BCUT2D eigenvalue weighted by Gasteiger charge is -2.16. The summed E-state index contributed by atoms with van der Waals surface area (Å²) in [6.45, 7) is 1.48. The normalized spacial score (nSPS) is 15.0. The van der Waals surface area contributed by atoms with Gasteiger partial charge in [-0.05, 0) is 25.0 Å². The van der Waals surface area contributed by atoms with E-state index in [0.717, 1.165) is 12.3 Å². The molecule has 0 unspecified atom stereocenters. The van der Waals surface area contributed by atoms with Crippen molar-refractivity contribution in [3.63, 3.8) is 0 Å². The zero-order valence-electron chi connectivity index (χ0n) is 14.4. The number of benzene rings is 1. The van der Waals surface area contributed by atoms with Crippen LogP contribution in [0.2, 0.25) is 0 Å². The third-order valence-corrected chi connectivity index (χ3v) is 4.15. The summed E-state index contributed by atoms with van der Waals surface area (Å²) in [4.78, 5) is 11.8. The molecule has 0 heterocycles. The fraction of sp³-hybridized carbons (Fsp3) is 0.611. The number of carbonyl (C=O) groups is 1. The van der Waals surface area contributed by atoms with Crippen LogP contribution in [0.1, 0.15) is 38.5 Å². The molecule has 1 aromatic carbocycles. The predicted molar refractivity (Wildman–Crippen MR) is 98.2 cm³/mol. The first kappa shape index (κ1) is 20.6. The molecular weight excluding hydrogens is 328 g/mol. The number of hydrogen-bond acceptors (Lipinski definition) is 4. The molecule has 0 saturated heterocycles. The van der Waals surface area contributed by atoms with Gasteiger partial charge < -0.3 is 20.1 Å². The maximum atomic E-state index is 11.8. The molecule has 0 atom stereocenters. The molecule has 1 saturated carbocycles. The lowest BCUT2D eigenvalue weighted by atomic mass is 10.1. The van der Waals surface area contributed by atoms with E-state index in [4.69, 9.17) is 9.47 Å². The molecule has 1 fully saturated rings. The Labute approximate surface area is 150 Å². The highest BCUT2D eigenvalue weighted by molar-refractivity contribution is 5.85. The Hall–Kier alpha value is -1.46. The van der Waals surface area contributed by atoms with Gasteiger partial charge in [0.2, 0.25) is 0 Å². The van der Waals surface area contributed by atoms with Crippen molar-refractivity contribution in [1.29, 1.82) is 0 Å². The molecule has 1 aliphatic rings. The van der Waals surface area contributed by atoms with Crippen molar-refractivity contribution in [2.75, 3.05) is 26.8 Å². The first-order valence-corrected chi connectivity index (χ1v) is 8.55. The Bertz CT molecular complexity index is 477. The van der Waals surface area contributed by atoms with Crippen LogP contribution in [-0.2, 0) is 4.79 Å². The molecule has 1 amide bonds. The topological polar surface area (TPSA) is 59.6 Å². The van der Waals surface area contributed by atoms with Gasteiger partial charge in [-0.1, -0.05) is 31.7 Å². The van der Waals surface area contributed by atoms with Crippen LogP contribution in [0.3, 0.4) is 0 Å². The van der Waals surface area contributed by atoms with Crippen LogP contribution in [0.25, 0.3) is 0 Å². The number of nitrogens with one attached hydrogen (secondary N) is 2. The molecule has 6 heteroatoms. The van der Waals surface area contributed by atoms with Crippen LogP contribution < -0.4 is 20.1 Å². The van der Waals surface area contributed by atoms with Gasteiger partial charge in [-0.15, -0.1) is 12.4 Å². The Morgan fingerprint density at radius 1 is 1.12 bits per heavy atom. The van der Waals surface area contributed by atoms with Gasteiger partial charge in [-0.3, -0.25) is 4.79 Å². The summed E-state index contributed by atoms with van der Waals surface area (Å²) in [6.07, 6.45) is 7.86. The second kappa shape index (κ2) is 12.0. The van der Waals surface area contributed by atoms with Gasteiger partial charge in [0, 0.05) is 25.2 Å². The van der Waals surface area contributed by atoms with Crippen LogP contribution in [0.15, 0.2) is 24.3 Å². The standard InChI is InChI=1S/C18H28N2O3.ClH/c1-22-16-9-6-10-17(13-16)23-14-18(21)20-12-11-19-15-7-4-2-3-5-8-15;/h6,9-10,13,15,19H,2-5,7-8,11-12,14H2,1H3,(H,20,21);1H. The molecule has 1 aromatic rings. The summed E-state index contributed by atoms with van der Waals surface area (Å²) >= 11 is 0. The van der Waals surface area contributed by atoms with Crippen LogP contribution in [0.4, 0.5) is 0 Å². The van der Waals surface area contributed by atoms with Gasteiger partial charge in [0.25, 0.3) is 5.91 Å². The van der Waals surface area contributed by atoms with E-state index in [0.29, 0.717) is 18.3 Å². The van der Waals surface area contributed by atoms with E-state index >= 15 is 0 Å². The minimum Gasteiger partial charge on any atom is -0.497 e. The maximum absolute atomic E-state index is 11.8. The van der Waals surface area contributed by atoms with Gasteiger partial charge in [-0.2, -0.15) is 0 Å². The highest BCUT2D eigenvalue weighted by Crippen LogP contribution is 2.18. The molecule has 2 N–H and O–H groups in total. The van der Waals surface area contributed by atoms with Crippen molar-refractivity contribution >= 4 is 18.3 Å². The fourth-order valence-corrected chi connectivity index (χ4v) is 2.85. The summed E-state index contributed by atoms with van der Waals surface area (Å²) in [6, 6.07) is 7.86. The van der Waals surface area contributed by atoms with Gasteiger partial charge in [0.05, 0.1) is 7.11 Å². The van der Waals surface area contributed by atoms with E-state index in [1.165, 1.54) is 38.5 Å². The Morgan fingerprint density at radius 3 is 2.54 bits per heavy atom. The molecule has 136 valence electrons. The highest BCUT2D eigenvalue weighted by Gasteiger charge is 2.11. The number of hydrogen-bond donors (Lipinski definition) is 2. The summed E-state index contributed by atoms with van der Waals surface area (Å²) in [5.41, 5.74) is 0. The van der Waals surface area contributed by atoms with Crippen molar-refractivity contribution in [2.45, 2.75) is 44.6 Å². The lowest BCUT2D eigenvalue weighted by Crippen LogP contribution is -2.38. The summed E-state index contributed by atoms with van der Waals surface area (Å²) in [7, 11) is 1.60. The number of halogens is 1. The number of amides is 1. The fourth-order valence-electron chi connectivity index (χ4n) is 2.85. The van der Waals surface area contributed by atoms with Gasteiger partial charge in [0.15, 0.2) is 6.61 Å². The van der Waals surface area contributed by atoms with E-state index in [2.05, 4.69) is 10.6 Å². The minimum atomic E-state index is -0.101. The molecule has 0 radical (unpaired) electrons. The predicted octanol–water partition coefficient (Wildman–Crippen LogP) is 2.92. The third-order valence-electron chi connectivity index (χ3n) is 4.15. The highest BCUT2D eigenvalue weighted by atomic mass is 35.5. The van der Waals surface area contributed by atoms with Crippen molar-refractivity contribution < 1.29 is 14.3 Å². The SMILES string of the molecule is COc1cccc(OCC(=O)NCCNC2CCCCCC2)c1.Cl. The zero-order chi connectivity index (χ0) is 16.3. The Kier molecular flexibility index (Phi) is 10.3. The molecule has 24 heavy (non-hydrogen) atoms. The smallest absolute Gasteiger partial charge is 0.257 e. The van der Waals surface area contributed by atoms with E-state index < -0.39 is 0 Å². The van der Waals surface area contributed by atoms with Gasteiger partial charge in [0.1, 0.15) is 11.5 Å². The molecule has 0 spiro atoms. The lowest BCUT2D eigenvalue weighted by molar-refractivity contribution is -0.123. The molecule has 0 aromatic heterocycles. The van der Waals surface area contributed by atoms with Gasteiger partial charge in [-0.25, -0.2) is 0 Å². The quantitative estimate of drug-likeness (QED) is 0.555. The summed E-state index contributed by atoms with van der Waals surface area (Å²) in [5, 5.41) is 6.41. The second-order valence-electron chi connectivity index (χ2n) is 5.96. The Balaban J connectivity index is 0.00000288. The third kappa shape index (κ3) is 7.88. The van der Waals surface area contributed by atoms with Crippen LogP contribution >= 0.6 is 12.4 Å². The van der Waals surface area contributed by atoms with Crippen LogP contribution in [0, 0.1) is 0 Å². The average molecular weight is 357 g/mol. The molecule has 5 nitrogen and oxygen atoms in total. The second-order valence-corrected chi connectivity index (χ2v) is 5.96. The largest absolute Gasteiger partial charge is 0.497 e.